The predicted molar refractivity (Wildman–Crippen MR) is 49.4 cm³/mol. The first-order chi connectivity index (χ1) is 6.70. The summed E-state index contributed by atoms with van der Waals surface area (Å²) in [5.74, 6) is -0.603. The summed E-state index contributed by atoms with van der Waals surface area (Å²) < 4.78 is 9.45. The van der Waals surface area contributed by atoms with Crippen LogP contribution in [0.1, 0.15) is 13.3 Å². The summed E-state index contributed by atoms with van der Waals surface area (Å²) >= 11 is 0. The molecule has 5 nitrogen and oxygen atoms in total. The molecule has 0 spiro atoms. The van der Waals surface area contributed by atoms with Crippen molar-refractivity contribution in [3.8, 4) is 0 Å². The Kier molecular flexibility index (Phi) is 7.87. The van der Waals surface area contributed by atoms with E-state index in [2.05, 4.69) is 4.74 Å². The monoisotopic (exact) mass is 204 g/mol. The third-order valence-electron chi connectivity index (χ3n) is 1.25. The van der Waals surface area contributed by atoms with Crippen molar-refractivity contribution in [1.82, 2.24) is 0 Å². The van der Waals surface area contributed by atoms with E-state index in [1.54, 1.807) is 0 Å². The normalized spacial score (nSPS) is 12.8. The van der Waals surface area contributed by atoms with Gasteiger partial charge >= 0.3 is 5.97 Å². The highest BCUT2D eigenvalue weighted by atomic mass is 16.5. The molecule has 0 aliphatic heterocycles. The first-order valence-electron chi connectivity index (χ1n) is 4.44. The van der Waals surface area contributed by atoms with E-state index in [1.165, 1.54) is 6.26 Å². The van der Waals surface area contributed by atoms with Gasteiger partial charge in [0.2, 0.25) is 0 Å². The number of ether oxygens (including phenoxy) is 2. The summed E-state index contributed by atoms with van der Waals surface area (Å²) in [4.78, 5) is 10.8. The molecule has 0 aromatic carbocycles. The van der Waals surface area contributed by atoms with E-state index in [-0.39, 0.29) is 6.61 Å². The lowest BCUT2D eigenvalue weighted by Crippen LogP contribution is -2.21. The fourth-order valence-corrected chi connectivity index (χ4v) is 0.569. The number of carbonyl (C=O) groups is 1. The Morgan fingerprint density at radius 3 is 2.86 bits per heavy atom. The molecule has 0 bridgehead atoms. The fraction of sp³-hybridized carbons (Fsp3) is 0.667. The summed E-state index contributed by atoms with van der Waals surface area (Å²) in [5, 5.41) is 17.2. The van der Waals surface area contributed by atoms with Crippen LogP contribution in [0.4, 0.5) is 0 Å². The number of carbonyl (C=O) groups excluding carboxylic acids is 1. The Labute approximate surface area is 82.9 Å². The summed E-state index contributed by atoms with van der Waals surface area (Å²) in [5.41, 5.74) is 0. The Morgan fingerprint density at radius 1 is 1.57 bits per heavy atom. The molecule has 5 heteroatoms. The van der Waals surface area contributed by atoms with Gasteiger partial charge in [0, 0.05) is 0 Å². The first-order valence-corrected chi connectivity index (χ1v) is 4.44. The number of esters is 1. The number of aliphatic hydroxyl groups is 2. The zero-order chi connectivity index (χ0) is 10.8. The molecule has 1 unspecified atom stereocenters. The molecular weight excluding hydrogens is 188 g/mol. The molecule has 2 N–H and O–H groups in total. The number of aliphatic hydroxyl groups excluding tert-OH is 2. The van der Waals surface area contributed by atoms with Gasteiger partial charge in [0.05, 0.1) is 25.6 Å². The second-order valence-corrected chi connectivity index (χ2v) is 2.64. The third kappa shape index (κ3) is 7.57. The average molecular weight is 204 g/mol. The quantitative estimate of drug-likeness (QED) is 0.260. The molecule has 1 atom stereocenters. The summed E-state index contributed by atoms with van der Waals surface area (Å²) in [7, 11) is 0. The van der Waals surface area contributed by atoms with E-state index >= 15 is 0 Å². The van der Waals surface area contributed by atoms with E-state index < -0.39 is 18.7 Å². The van der Waals surface area contributed by atoms with Crippen LogP contribution in [-0.4, -0.2) is 42.1 Å². The van der Waals surface area contributed by atoms with Gasteiger partial charge in [0.15, 0.2) is 0 Å². The fourth-order valence-electron chi connectivity index (χ4n) is 0.569. The van der Waals surface area contributed by atoms with E-state index in [0.717, 1.165) is 12.5 Å². The van der Waals surface area contributed by atoms with Crippen LogP contribution in [0, 0.1) is 0 Å². The SMILES string of the molecule is CCCOC=CC(=O)OCC(O)CO. The number of hydrogen-bond acceptors (Lipinski definition) is 5. The summed E-state index contributed by atoms with van der Waals surface area (Å²) in [6.07, 6.45) is 2.21. The Hall–Kier alpha value is -1.07. The minimum Gasteiger partial charge on any atom is -0.501 e. The van der Waals surface area contributed by atoms with Gasteiger partial charge in [-0.15, -0.1) is 0 Å². The highest BCUT2D eigenvalue weighted by Crippen LogP contribution is 1.88. The van der Waals surface area contributed by atoms with Gasteiger partial charge in [-0.05, 0) is 6.42 Å². The molecule has 0 saturated carbocycles. The molecule has 0 fully saturated rings. The van der Waals surface area contributed by atoms with Crippen LogP contribution in [0.2, 0.25) is 0 Å². The highest BCUT2D eigenvalue weighted by Gasteiger charge is 2.04. The smallest absolute Gasteiger partial charge is 0.333 e. The van der Waals surface area contributed by atoms with Crippen LogP contribution in [0.25, 0.3) is 0 Å². The van der Waals surface area contributed by atoms with Gasteiger partial charge in [0.25, 0.3) is 0 Å². The van der Waals surface area contributed by atoms with Gasteiger partial charge in [-0.3, -0.25) is 0 Å². The van der Waals surface area contributed by atoms with Crippen molar-refractivity contribution in [3.63, 3.8) is 0 Å². The van der Waals surface area contributed by atoms with Gasteiger partial charge in [-0.2, -0.15) is 0 Å². The molecule has 0 aromatic heterocycles. The molecule has 82 valence electrons. The van der Waals surface area contributed by atoms with Crippen LogP contribution in [0.3, 0.4) is 0 Å². The minimum atomic E-state index is -1.02. The molecule has 0 aliphatic rings. The molecule has 0 radical (unpaired) electrons. The van der Waals surface area contributed by atoms with Crippen LogP contribution in [0.15, 0.2) is 12.3 Å². The Morgan fingerprint density at radius 2 is 2.29 bits per heavy atom. The van der Waals surface area contributed by atoms with E-state index in [4.69, 9.17) is 14.9 Å². The van der Waals surface area contributed by atoms with E-state index in [1.807, 2.05) is 6.92 Å². The average Bonchev–Trinajstić information content (AvgIpc) is 2.21. The second-order valence-electron chi connectivity index (χ2n) is 2.64. The van der Waals surface area contributed by atoms with Gasteiger partial charge in [0.1, 0.15) is 12.7 Å². The maximum Gasteiger partial charge on any atom is 0.333 e. The Balaban J connectivity index is 3.49. The largest absolute Gasteiger partial charge is 0.501 e. The maximum atomic E-state index is 10.8. The molecule has 0 saturated heterocycles. The standard InChI is InChI=1S/C9H16O5/c1-2-4-13-5-3-9(12)14-7-8(11)6-10/h3,5,8,10-11H,2,4,6-7H2,1H3. The summed E-state index contributed by atoms with van der Waals surface area (Å²) in [6.45, 7) is 1.85. The van der Waals surface area contributed by atoms with Crippen molar-refractivity contribution in [3.05, 3.63) is 12.3 Å². The molecular formula is C9H16O5. The van der Waals surface area contributed by atoms with Gasteiger partial charge < -0.3 is 19.7 Å². The van der Waals surface area contributed by atoms with E-state index in [9.17, 15) is 4.79 Å². The molecule has 0 rings (SSSR count). The molecule has 0 aliphatic carbocycles. The lowest BCUT2D eigenvalue weighted by atomic mass is 10.4. The van der Waals surface area contributed by atoms with Crippen molar-refractivity contribution < 1.29 is 24.5 Å². The molecule has 0 aromatic rings. The first kappa shape index (κ1) is 12.9. The second kappa shape index (κ2) is 8.52. The van der Waals surface area contributed by atoms with Crippen molar-refractivity contribution in [2.45, 2.75) is 19.4 Å². The van der Waals surface area contributed by atoms with Crippen molar-refractivity contribution in [2.75, 3.05) is 19.8 Å². The highest BCUT2D eigenvalue weighted by molar-refractivity contribution is 5.81. The Bertz CT molecular complexity index is 178. The predicted octanol–water partition coefficient (Wildman–Crippen LogP) is -0.177. The lowest BCUT2D eigenvalue weighted by molar-refractivity contribution is -0.141. The van der Waals surface area contributed by atoms with Crippen molar-refractivity contribution in [2.24, 2.45) is 0 Å². The van der Waals surface area contributed by atoms with Gasteiger partial charge in [-0.1, -0.05) is 6.92 Å². The van der Waals surface area contributed by atoms with E-state index in [0.29, 0.717) is 6.61 Å². The molecule has 14 heavy (non-hydrogen) atoms. The maximum absolute atomic E-state index is 10.8. The molecule has 0 heterocycles. The van der Waals surface area contributed by atoms with Crippen LogP contribution < -0.4 is 0 Å². The van der Waals surface area contributed by atoms with Crippen LogP contribution in [0.5, 0.6) is 0 Å². The third-order valence-corrected chi connectivity index (χ3v) is 1.25. The van der Waals surface area contributed by atoms with Crippen molar-refractivity contribution >= 4 is 5.97 Å². The zero-order valence-electron chi connectivity index (χ0n) is 8.18. The lowest BCUT2D eigenvalue weighted by Gasteiger charge is -2.05. The van der Waals surface area contributed by atoms with Crippen molar-refractivity contribution in [1.29, 1.82) is 0 Å². The zero-order valence-corrected chi connectivity index (χ0v) is 8.18. The van der Waals surface area contributed by atoms with Crippen LogP contribution in [-0.2, 0) is 14.3 Å². The molecule has 0 amide bonds. The topological polar surface area (TPSA) is 76.0 Å². The van der Waals surface area contributed by atoms with Gasteiger partial charge in [-0.25, -0.2) is 4.79 Å². The number of hydrogen-bond donors (Lipinski definition) is 2. The minimum absolute atomic E-state index is 0.215. The summed E-state index contributed by atoms with van der Waals surface area (Å²) in [6, 6.07) is 0. The number of rotatable bonds is 7. The van der Waals surface area contributed by atoms with Crippen LogP contribution >= 0.6 is 0 Å².